The topological polar surface area (TPSA) is 51.0 Å². The third-order valence-corrected chi connectivity index (χ3v) is 6.04. The second kappa shape index (κ2) is 6.57. The molecule has 0 bridgehead atoms. The lowest BCUT2D eigenvalue weighted by Crippen LogP contribution is -2.45. The fourth-order valence-electron chi connectivity index (χ4n) is 4.08. The summed E-state index contributed by atoms with van der Waals surface area (Å²) in [4.78, 5) is 4.55. The van der Waals surface area contributed by atoms with Crippen LogP contribution < -0.4 is 5.32 Å². The van der Waals surface area contributed by atoms with Crippen molar-refractivity contribution in [3.63, 3.8) is 0 Å². The monoisotopic (exact) mass is 363 g/mol. The van der Waals surface area contributed by atoms with E-state index in [9.17, 15) is 4.39 Å². The highest BCUT2D eigenvalue weighted by Gasteiger charge is 2.46. The molecule has 138 valence electrons. The van der Waals surface area contributed by atoms with Gasteiger partial charge in [0.2, 0.25) is 0 Å². The summed E-state index contributed by atoms with van der Waals surface area (Å²) >= 11 is 0. The highest BCUT2D eigenvalue weighted by Crippen LogP contribution is 2.45. The first-order valence-electron chi connectivity index (χ1n) is 9.63. The molecule has 2 unspecified atom stereocenters. The average Bonchev–Trinajstić information content (AvgIpc) is 3.28. The summed E-state index contributed by atoms with van der Waals surface area (Å²) in [6, 6.07) is 17.7. The molecule has 0 aliphatic heterocycles. The molecule has 2 saturated carbocycles. The Balaban J connectivity index is 1.29. The Hall–Kier alpha value is -2.53. The van der Waals surface area contributed by atoms with Crippen molar-refractivity contribution in [2.75, 3.05) is 6.54 Å². The van der Waals surface area contributed by atoms with Gasteiger partial charge in [0.25, 0.3) is 5.89 Å². The standard InChI is InChI=1S/C22H22FN3O/c23-18-10-5-4-9-16(18)20-25-21(26-27-20)22(11-6-12-22)14-24-19-13-17(19)15-7-2-1-3-8-15/h1-5,7-10,17,19,24H,6,11-14H2. The minimum atomic E-state index is -0.336. The van der Waals surface area contributed by atoms with Crippen LogP contribution in [0.5, 0.6) is 0 Å². The van der Waals surface area contributed by atoms with E-state index in [2.05, 4.69) is 45.8 Å². The number of aromatic nitrogens is 2. The van der Waals surface area contributed by atoms with Crippen LogP contribution in [0, 0.1) is 5.82 Å². The van der Waals surface area contributed by atoms with Crippen LogP contribution in [0.15, 0.2) is 59.1 Å². The number of rotatable bonds is 6. The van der Waals surface area contributed by atoms with Crippen molar-refractivity contribution < 1.29 is 8.91 Å². The van der Waals surface area contributed by atoms with E-state index in [-0.39, 0.29) is 17.1 Å². The van der Waals surface area contributed by atoms with Gasteiger partial charge in [-0.15, -0.1) is 0 Å². The first kappa shape index (κ1) is 16.6. The van der Waals surface area contributed by atoms with Gasteiger partial charge in [-0.05, 0) is 37.0 Å². The zero-order valence-corrected chi connectivity index (χ0v) is 15.1. The third kappa shape index (κ3) is 3.06. The maximum Gasteiger partial charge on any atom is 0.260 e. The van der Waals surface area contributed by atoms with Gasteiger partial charge in [-0.25, -0.2) is 4.39 Å². The minimum absolute atomic E-state index is 0.0865. The molecule has 5 rings (SSSR count). The predicted molar refractivity (Wildman–Crippen MR) is 101 cm³/mol. The van der Waals surface area contributed by atoms with Crippen molar-refractivity contribution in [1.29, 1.82) is 0 Å². The van der Waals surface area contributed by atoms with E-state index in [1.165, 1.54) is 18.1 Å². The quantitative estimate of drug-likeness (QED) is 0.703. The summed E-state index contributed by atoms with van der Waals surface area (Å²) in [6.07, 6.45) is 4.42. The Labute approximate surface area is 157 Å². The molecular weight excluding hydrogens is 341 g/mol. The second-order valence-corrected chi connectivity index (χ2v) is 7.78. The molecule has 0 spiro atoms. The number of hydrogen-bond acceptors (Lipinski definition) is 4. The van der Waals surface area contributed by atoms with E-state index in [1.807, 2.05) is 0 Å². The van der Waals surface area contributed by atoms with Crippen molar-refractivity contribution in [3.8, 4) is 11.5 Å². The summed E-state index contributed by atoms with van der Waals surface area (Å²) in [6.45, 7) is 0.844. The zero-order chi connectivity index (χ0) is 18.3. The molecule has 2 aromatic carbocycles. The van der Waals surface area contributed by atoms with Gasteiger partial charge >= 0.3 is 0 Å². The number of nitrogens with one attached hydrogen (secondary N) is 1. The Bertz CT molecular complexity index is 935. The van der Waals surface area contributed by atoms with Gasteiger partial charge in [-0.3, -0.25) is 0 Å². The molecule has 0 amide bonds. The number of benzene rings is 2. The van der Waals surface area contributed by atoms with Crippen molar-refractivity contribution in [1.82, 2.24) is 15.5 Å². The SMILES string of the molecule is Fc1ccccc1-c1nc(C2(CNC3CC3c3ccccc3)CCC2)no1. The van der Waals surface area contributed by atoms with Gasteiger partial charge < -0.3 is 9.84 Å². The third-order valence-electron chi connectivity index (χ3n) is 6.04. The molecule has 2 aliphatic carbocycles. The van der Waals surface area contributed by atoms with Crippen LogP contribution in [0.4, 0.5) is 4.39 Å². The Morgan fingerprint density at radius 2 is 1.85 bits per heavy atom. The molecule has 1 N–H and O–H groups in total. The fourth-order valence-corrected chi connectivity index (χ4v) is 4.08. The van der Waals surface area contributed by atoms with Gasteiger partial charge in [0.15, 0.2) is 5.82 Å². The van der Waals surface area contributed by atoms with E-state index >= 15 is 0 Å². The van der Waals surface area contributed by atoms with Crippen molar-refractivity contribution in [2.45, 2.75) is 43.1 Å². The number of halogens is 1. The largest absolute Gasteiger partial charge is 0.334 e. The fraction of sp³-hybridized carbons (Fsp3) is 0.364. The molecular formula is C22H22FN3O. The molecule has 1 heterocycles. The number of hydrogen-bond donors (Lipinski definition) is 1. The summed E-state index contributed by atoms with van der Waals surface area (Å²) in [5.74, 6) is 1.24. The summed E-state index contributed by atoms with van der Waals surface area (Å²) in [5, 5.41) is 7.92. The Morgan fingerprint density at radius 1 is 1.07 bits per heavy atom. The van der Waals surface area contributed by atoms with Crippen molar-refractivity contribution in [3.05, 3.63) is 71.8 Å². The summed E-state index contributed by atoms with van der Waals surface area (Å²) in [7, 11) is 0. The van der Waals surface area contributed by atoms with E-state index < -0.39 is 0 Å². The van der Waals surface area contributed by atoms with Gasteiger partial charge in [-0.1, -0.05) is 54.0 Å². The highest BCUT2D eigenvalue weighted by atomic mass is 19.1. The van der Waals surface area contributed by atoms with E-state index in [0.29, 0.717) is 23.3 Å². The van der Waals surface area contributed by atoms with E-state index in [0.717, 1.165) is 25.8 Å². The van der Waals surface area contributed by atoms with Crippen LogP contribution in [0.3, 0.4) is 0 Å². The van der Waals surface area contributed by atoms with Crippen LogP contribution in [0.25, 0.3) is 11.5 Å². The van der Waals surface area contributed by atoms with Gasteiger partial charge in [0.05, 0.1) is 5.56 Å². The van der Waals surface area contributed by atoms with Gasteiger partial charge in [-0.2, -0.15) is 4.98 Å². The van der Waals surface area contributed by atoms with Crippen LogP contribution >= 0.6 is 0 Å². The first-order chi connectivity index (χ1) is 13.3. The molecule has 27 heavy (non-hydrogen) atoms. The molecule has 1 aromatic heterocycles. The van der Waals surface area contributed by atoms with Gasteiger partial charge in [0.1, 0.15) is 5.82 Å². The van der Waals surface area contributed by atoms with Crippen LogP contribution in [-0.2, 0) is 5.41 Å². The van der Waals surface area contributed by atoms with E-state index in [4.69, 9.17) is 4.52 Å². The molecule has 2 aliphatic rings. The van der Waals surface area contributed by atoms with Crippen LogP contribution in [0.2, 0.25) is 0 Å². The van der Waals surface area contributed by atoms with Gasteiger partial charge in [0, 0.05) is 23.9 Å². The second-order valence-electron chi connectivity index (χ2n) is 7.78. The molecule has 2 fully saturated rings. The molecule has 3 aromatic rings. The summed E-state index contributed by atoms with van der Waals surface area (Å²) < 4.78 is 19.4. The zero-order valence-electron chi connectivity index (χ0n) is 15.1. The lowest BCUT2D eigenvalue weighted by molar-refractivity contribution is 0.211. The maximum atomic E-state index is 14.0. The minimum Gasteiger partial charge on any atom is -0.334 e. The molecule has 0 saturated heterocycles. The normalized spacial score (nSPS) is 23.0. The van der Waals surface area contributed by atoms with Crippen molar-refractivity contribution >= 4 is 0 Å². The molecule has 0 radical (unpaired) electrons. The van der Waals surface area contributed by atoms with Crippen LogP contribution in [-0.4, -0.2) is 22.7 Å². The lowest BCUT2D eigenvalue weighted by atomic mass is 9.68. The Morgan fingerprint density at radius 3 is 2.59 bits per heavy atom. The predicted octanol–water partition coefficient (Wildman–Crippen LogP) is 4.44. The van der Waals surface area contributed by atoms with Crippen LogP contribution in [0.1, 0.15) is 43.0 Å². The lowest BCUT2D eigenvalue weighted by Gasteiger charge is -2.39. The first-order valence-corrected chi connectivity index (χ1v) is 9.63. The maximum absolute atomic E-state index is 14.0. The Kier molecular flexibility index (Phi) is 4.05. The highest BCUT2D eigenvalue weighted by molar-refractivity contribution is 5.53. The number of nitrogens with zero attached hydrogens (tertiary/aromatic N) is 2. The molecule has 2 atom stereocenters. The smallest absolute Gasteiger partial charge is 0.260 e. The summed E-state index contributed by atoms with van der Waals surface area (Å²) in [5.41, 5.74) is 1.68. The molecule has 4 nitrogen and oxygen atoms in total. The van der Waals surface area contributed by atoms with Crippen molar-refractivity contribution in [2.24, 2.45) is 0 Å². The van der Waals surface area contributed by atoms with E-state index in [1.54, 1.807) is 18.2 Å². The molecule has 5 heteroatoms. The average molecular weight is 363 g/mol.